The summed E-state index contributed by atoms with van der Waals surface area (Å²) in [6.07, 6.45) is 0.348. The molecule has 0 aliphatic rings. The minimum atomic E-state index is -0.0150. The van der Waals surface area contributed by atoms with Crippen molar-refractivity contribution in [3.05, 3.63) is 63.6 Å². The van der Waals surface area contributed by atoms with E-state index >= 15 is 0 Å². The average Bonchev–Trinajstić information content (AvgIpc) is 2.49. The fraction of sp³-hybridized carbons (Fsp3) is 0.188. The quantitative estimate of drug-likeness (QED) is 0.876. The Morgan fingerprint density at radius 2 is 1.86 bits per heavy atom. The van der Waals surface area contributed by atoms with Crippen molar-refractivity contribution in [1.82, 2.24) is 5.32 Å². The Kier molecular flexibility index (Phi) is 5.48. The minimum Gasteiger partial charge on any atom is -0.381 e. The van der Waals surface area contributed by atoms with Crippen LogP contribution in [0.5, 0.6) is 0 Å². The van der Waals surface area contributed by atoms with Crippen LogP contribution >= 0.6 is 23.2 Å². The number of amides is 1. The van der Waals surface area contributed by atoms with Gasteiger partial charge in [-0.15, -0.1) is 0 Å². The monoisotopic (exact) mass is 322 g/mol. The molecule has 0 bridgehead atoms. The Bertz CT molecular complexity index is 644. The van der Waals surface area contributed by atoms with Crippen LogP contribution in [0.15, 0.2) is 42.5 Å². The molecule has 5 heteroatoms. The normalized spacial score (nSPS) is 10.2. The molecule has 0 aromatic heterocycles. The number of likely N-dealkylation sites (N-methyl/N-ethyl adjacent to an activating group) is 1. The zero-order valence-corrected chi connectivity index (χ0v) is 13.1. The second-order valence-electron chi connectivity index (χ2n) is 4.61. The van der Waals surface area contributed by atoms with Gasteiger partial charge in [-0.2, -0.15) is 0 Å². The lowest BCUT2D eigenvalue weighted by Crippen LogP contribution is -2.20. The second-order valence-corrected chi connectivity index (χ2v) is 5.42. The maximum Gasteiger partial charge on any atom is 0.224 e. The van der Waals surface area contributed by atoms with Crippen LogP contribution in [0.4, 0.5) is 5.69 Å². The molecule has 21 heavy (non-hydrogen) atoms. The van der Waals surface area contributed by atoms with Crippen LogP contribution in [0, 0.1) is 0 Å². The molecule has 0 heterocycles. The largest absolute Gasteiger partial charge is 0.381 e. The number of hydrogen-bond acceptors (Lipinski definition) is 2. The molecule has 0 unspecified atom stereocenters. The number of hydrogen-bond donors (Lipinski definition) is 2. The third-order valence-corrected chi connectivity index (χ3v) is 3.85. The van der Waals surface area contributed by atoms with Crippen LogP contribution in [0.1, 0.15) is 11.1 Å². The van der Waals surface area contributed by atoms with Crippen molar-refractivity contribution in [3.63, 3.8) is 0 Å². The molecule has 1 amide bonds. The molecular formula is C16H16Cl2N2O. The summed E-state index contributed by atoms with van der Waals surface area (Å²) in [4.78, 5) is 11.5. The molecule has 110 valence electrons. The van der Waals surface area contributed by atoms with E-state index in [-0.39, 0.29) is 5.91 Å². The lowest BCUT2D eigenvalue weighted by atomic mass is 10.1. The molecule has 0 aliphatic heterocycles. The minimum absolute atomic E-state index is 0.0150. The molecule has 2 N–H and O–H groups in total. The van der Waals surface area contributed by atoms with Gasteiger partial charge < -0.3 is 10.6 Å². The molecule has 0 radical (unpaired) electrons. The SMILES string of the molecule is CNC(=O)Cc1ccccc1NCc1ccc(Cl)c(Cl)c1. The molecule has 0 atom stereocenters. The van der Waals surface area contributed by atoms with Crippen LogP contribution in [0.25, 0.3) is 0 Å². The lowest BCUT2D eigenvalue weighted by molar-refractivity contribution is -0.119. The molecule has 0 spiro atoms. The van der Waals surface area contributed by atoms with Gasteiger partial charge in [-0.05, 0) is 29.3 Å². The summed E-state index contributed by atoms with van der Waals surface area (Å²) in [5.41, 5.74) is 2.92. The van der Waals surface area contributed by atoms with Crippen LogP contribution in [-0.4, -0.2) is 13.0 Å². The van der Waals surface area contributed by atoms with E-state index in [0.29, 0.717) is 23.0 Å². The van der Waals surface area contributed by atoms with E-state index in [4.69, 9.17) is 23.2 Å². The second kappa shape index (κ2) is 7.34. The van der Waals surface area contributed by atoms with E-state index in [1.807, 2.05) is 36.4 Å². The zero-order valence-electron chi connectivity index (χ0n) is 11.6. The molecule has 2 aromatic carbocycles. The Labute approximate surface area is 134 Å². The van der Waals surface area contributed by atoms with Crippen molar-refractivity contribution in [2.75, 3.05) is 12.4 Å². The number of nitrogens with one attached hydrogen (secondary N) is 2. The maximum absolute atomic E-state index is 11.5. The Hall–Kier alpha value is -1.71. The summed E-state index contributed by atoms with van der Waals surface area (Å²) in [5, 5.41) is 7.03. The van der Waals surface area contributed by atoms with Crippen molar-refractivity contribution >= 4 is 34.8 Å². The summed E-state index contributed by atoms with van der Waals surface area (Å²) in [6.45, 7) is 0.613. The van der Waals surface area contributed by atoms with Crippen LogP contribution in [0.3, 0.4) is 0 Å². The highest BCUT2D eigenvalue weighted by Crippen LogP contribution is 2.23. The van der Waals surface area contributed by atoms with E-state index in [1.165, 1.54) is 0 Å². The van der Waals surface area contributed by atoms with Crippen LogP contribution in [-0.2, 0) is 17.8 Å². The first-order chi connectivity index (χ1) is 10.1. The fourth-order valence-electron chi connectivity index (χ4n) is 1.96. The molecular weight excluding hydrogens is 307 g/mol. The number of carbonyl (C=O) groups is 1. The van der Waals surface area contributed by atoms with Crippen molar-refractivity contribution in [2.45, 2.75) is 13.0 Å². The highest BCUT2D eigenvalue weighted by Gasteiger charge is 2.06. The molecule has 3 nitrogen and oxygen atoms in total. The van der Waals surface area contributed by atoms with Gasteiger partial charge in [-0.3, -0.25) is 4.79 Å². The summed E-state index contributed by atoms with van der Waals surface area (Å²) in [6, 6.07) is 13.3. The van der Waals surface area contributed by atoms with Crippen molar-refractivity contribution in [3.8, 4) is 0 Å². The van der Waals surface area contributed by atoms with Crippen LogP contribution < -0.4 is 10.6 Å². The van der Waals surface area contributed by atoms with E-state index < -0.39 is 0 Å². The number of para-hydroxylation sites is 1. The van der Waals surface area contributed by atoms with E-state index in [0.717, 1.165) is 16.8 Å². The van der Waals surface area contributed by atoms with Gasteiger partial charge in [0.2, 0.25) is 5.91 Å². The van der Waals surface area contributed by atoms with Gasteiger partial charge >= 0.3 is 0 Å². The molecule has 0 aliphatic carbocycles. The van der Waals surface area contributed by atoms with Gasteiger partial charge in [0.1, 0.15) is 0 Å². The van der Waals surface area contributed by atoms with Gasteiger partial charge in [-0.25, -0.2) is 0 Å². The Morgan fingerprint density at radius 1 is 1.10 bits per heavy atom. The third kappa shape index (κ3) is 4.38. The Morgan fingerprint density at radius 3 is 2.57 bits per heavy atom. The summed E-state index contributed by atoms with van der Waals surface area (Å²) < 4.78 is 0. The molecule has 2 rings (SSSR count). The smallest absolute Gasteiger partial charge is 0.224 e. The van der Waals surface area contributed by atoms with E-state index in [1.54, 1.807) is 13.1 Å². The van der Waals surface area contributed by atoms with Gasteiger partial charge in [0, 0.05) is 19.3 Å². The standard InChI is InChI=1S/C16H16Cl2N2O/c1-19-16(21)9-12-4-2-3-5-15(12)20-10-11-6-7-13(17)14(18)8-11/h2-8,20H,9-10H2,1H3,(H,19,21). The highest BCUT2D eigenvalue weighted by molar-refractivity contribution is 6.42. The summed E-state index contributed by atoms with van der Waals surface area (Å²) in [7, 11) is 1.63. The van der Waals surface area contributed by atoms with E-state index in [2.05, 4.69) is 10.6 Å². The summed E-state index contributed by atoms with van der Waals surface area (Å²) in [5.74, 6) is -0.0150. The number of halogens is 2. The third-order valence-electron chi connectivity index (χ3n) is 3.11. The predicted octanol–water partition coefficient (Wildman–Crippen LogP) is 3.89. The molecule has 0 fully saturated rings. The highest BCUT2D eigenvalue weighted by atomic mass is 35.5. The van der Waals surface area contributed by atoms with Gasteiger partial charge in [0.15, 0.2) is 0 Å². The molecule has 0 saturated heterocycles. The number of rotatable bonds is 5. The first kappa shape index (κ1) is 15.7. The number of carbonyl (C=O) groups excluding carboxylic acids is 1. The predicted molar refractivity (Wildman–Crippen MR) is 88.0 cm³/mol. The lowest BCUT2D eigenvalue weighted by Gasteiger charge is -2.12. The molecule has 0 saturated carbocycles. The number of benzene rings is 2. The van der Waals surface area contributed by atoms with Crippen molar-refractivity contribution in [2.24, 2.45) is 0 Å². The molecule has 2 aromatic rings. The summed E-state index contributed by atoms with van der Waals surface area (Å²) >= 11 is 11.9. The first-order valence-electron chi connectivity index (χ1n) is 6.56. The van der Waals surface area contributed by atoms with E-state index in [9.17, 15) is 4.79 Å². The average molecular weight is 323 g/mol. The van der Waals surface area contributed by atoms with Crippen molar-refractivity contribution in [1.29, 1.82) is 0 Å². The van der Waals surface area contributed by atoms with Crippen LogP contribution in [0.2, 0.25) is 10.0 Å². The zero-order chi connectivity index (χ0) is 15.2. The maximum atomic E-state index is 11.5. The van der Waals surface area contributed by atoms with Gasteiger partial charge in [-0.1, -0.05) is 47.5 Å². The number of anilines is 1. The first-order valence-corrected chi connectivity index (χ1v) is 7.32. The fourth-order valence-corrected chi connectivity index (χ4v) is 2.28. The Balaban J connectivity index is 2.09. The van der Waals surface area contributed by atoms with Gasteiger partial charge in [0.05, 0.1) is 16.5 Å². The van der Waals surface area contributed by atoms with Crippen molar-refractivity contribution < 1.29 is 4.79 Å². The van der Waals surface area contributed by atoms with Gasteiger partial charge in [0.25, 0.3) is 0 Å². The topological polar surface area (TPSA) is 41.1 Å².